The van der Waals surface area contributed by atoms with E-state index in [1.54, 1.807) is 12.1 Å². The second-order valence-corrected chi connectivity index (χ2v) is 9.17. The monoisotopic (exact) mass is 502 g/mol. The minimum Gasteiger partial charge on any atom is -0.480 e. The highest BCUT2D eigenvalue weighted by Crippen LogP contribution is 2.14. The molecule has 0 saturated carbocycles. The first-order valence-electron chi connectivity index (χ1n) is 12.5. The van der Waals surface area contributed by atoms with E-state index in [-0.39, 0.29) is 5.91 Å². The van der Waals surface area contributed by atoms with Crippen molar-refractivity contribution in [1.29, 1.82) is 0 Å². The maximum absolute atomic E-state index is 12.7. The van der Waals surface area contributed by atoms with Gasteiger partial charge in [-0.3, -0.25) is 4.79 Å². The Bertz CT molecular complexity index is 1340. The lowest BCUT2D eigenvalue weighted by atomic mass is 10.1. The van der Waals surface area contributed by atoms with E-state index < -0.39 is 12.0 Å². The maximum Gasteiger partial charge on any atom is 0.326 e. The summed E-state index contributed by atoms with van der Waals surface area (Å²) in [5.41, 5.74) is 4.69. The summed E-state index contributed by atoms with van der Waals surface area (Å²) >= 11 is 0. The number of carboxylic acid groups (broad SMARTS) is 1. The summed E-state index contributed by atoms with van der Waals surface area (Å²) in [7, 11) is 3.99. The molecule has 2 aromatic heterocycles. The highest BCUT2D eigenvalue weighted by atomic mass is 16.4. The molecule has 9 nitrogen and oxygen atoms in total. The predicted molar refractivity (Wildman–Crippen MR) is 143 cm³/mol. The number of nitrogens with one attached hydrogen (secondary N) is 3. The Balaban J connectivity index is 1.21. The Hall–Kier alpha value is -3.95. The minimum absolute atomic E-state index is 0.353. The van der Waals surface area contributed by atoms with E-state index >= 15 is 0 Å². The summed E-state index contributed by atoms with van der Waals surface area (Å²) in [6.45, 7) is 2.63. The van der Waals surface area contributed by atoms with Crippen LogP contribution in [0.15, 0.2) is 66.9 Å². The average molecular weight is 503 g/mol. The zero-order chi connectivity index (χ0) is 26.2. The van der Waals surface area contributed by atoms with E-state index in [1.807, 2.05) is 73.4 Å². The molecule has 0 saturated heterocycles. The number of imidazole rings is 1. The third-order valence-corrected chi connectivity index (χ3v) is 6.52. The van der Waals surface area contributed by atoms with E-state index in [0.29, 0.717) is 44.6 Å². The number of aromatic nitrogens is 3. The average Bonchev–Trinajstić information content (AvgIpc) is 3.45. The number of hydrogen-bond acceptors (Lipinski definition) is 5. The number of aliphatic carboxylic acids is 1. The summed E-state index contributed by atoms with van der Waals surface area (Å²) in [5, 5.41) is 18.9. The third-order valence-electron chi connectivity index (χ3n) is 6.52. The number of carboxylic acids is 1. The molecule has 9 heteroatoms. The van der Waals surface area contributed by atoms with Crippen molar-refractivity contribution >= 4 is 22.9 Å². The first kappa shape index (κ1) is 26.1. The quantitative estimate of drug-likeness (QED) is 0.209. The topological polar surface area (TPSA) is 113 Å². The number of nitrogens with zero attached hydrogens (tertiary/aromatic N) is 3. The lowest BCUT2D eigenvalue weighted by Crippen LogP contribution is -2.41. The zero-order valence-corrected chi connectivity index (χ0v) is 21.3. The third kappa shape index (κ3) is 6.84. The van der Waals surface area contributed by atoms with Crippen LogP contribution in [0, 0.1) is 0 Å². The van der Waals surface area contributed by atoms with Crippen LogP contribution in [0.4, 0.5) is 0 Å². The number of rotatable bonds is 13. The van der Waals surface area contributed by atoms with Crippen molar-refractivity contribution in [2.45, 2.75) is 38.5 Å². The second-order valence-electron chi connectivity index (χ2n) is 9.17. The molecule has 0 bridgehead atoms. The van der Waals surface area contributed by atoms with Crippen molar-refractivity contribution in [3.05, 3.63) is 89.5 Å². The lowest BCUT2D eigenvalue weighted by Gasteiger charge is -2.15. The number of para-hydroxylation sites is 2. The molecule has 0 fully saturated rings. The van der Waals surface area contributed by atoms with Gasteiger partial charge in [0.1, 0.15) is 11.9 Å². The number of hydrogen-bond donors (Lipinski definition) is 4. The number of carbonyl (C=O) groups excluding carboxylic acids is 1. The van der Waals surface area contributed by atoms with Gasteiger partial charge in [0, 0.05) is 44.6 Å². The molecule has 0 unspecified atom stereocenters. The lowest BCUT2D eigenvalue weighted by molar-refractivity contribution is -0.139. The van der Waals surface area contributed by atoms with Gasteiger partial charge in [-0.25, -0.2) is 9.78 Å². The molecular weight excluding hydrogens is 468 g/mol. The van der Waals surface area contributed by atoms with Gasteiger partial charge >= 0.3 is 5.97 Å². The number of aryl methyl sites for hydroxylation is 2. The molecule has 0 aliphatic carbocycles. The van der Waals surface area contributed by atoms with Gasteiger partial charge in [-0.2, -0.15) is 0 Å². The van der Waals surface area contributed by atoms with E-state index in [2.05, 4.69) is 25.5 Å². The van der Waals surface area contributed by atoms with Crippen LogP contribution >= 0.6 is 0 Å². The Labute approximate surface area is 216 Å². The standard InChI is InChI=1S/C28H34N6O3/c1-33-16-6-7-22(33)18-29-15-5-9-24(28(36)37)32-27(35)21-13-11-20(12-14-21)17-30-19-26-31-23-8-3-4-10-25(23)34(26)2/h3-4,6-8,10-14,16,24,29-30H,5,9,15,17-19H2,1-2H3,(H,32,35)(H,36,37)/t24-/m0/s1. The molecule has 0 aliphatic rings. The fraction of sp³-hybridized carbons (Fsp3) is 0.321. The Morgan fingerprint density at radius 2 is 1.73 bits per heavy atom. The first-order valence-corrected chi connectivity index (χ1v) is 12.5. The van der Waals surface area contributed by atoms with Crippen molar-refractivity contribution < 1.29 is 14.7 Å². The number of carbonyl (C=O) groups is 2. The van der Waals surface area contributed by atoms with Gasteiger partial charge in [0.2, 0.25) is 0 Å². The predicted octanol–water partition coefficient (Wildman–Crippen LogP) is 2.95. The van der Waals surface area contributed by atoms with Crippen LogP contribution in [-0.2, 0) is 38.5 Å². The Morgan fingerprint density at radius 1 is 0.946 bits per heavy atom. The molecule has 1 atom stereocenters. The molecule has 4 N–H and O–H groups in total. The van der Waals surface area contributed by atoms with E-state index in [9.17, 15) is 14.7 Å². The van der Waals surface area contributed by atoms with Crippen LogP contribution in [-0.4, -0.2) is 43.7 Å². The number of amides is 1. The van der Waals surface area contributed by atoms with Gasteiger partial charge in [0.15, 0.2) is 0 Å². The van der Waals surface area contributed by atoms with Gasteiger partial charge in [-0.15, -0.1) is 0 Å². The first-order chi connectivity index (χ1) is 17.9. The maximum atomic E-state index is 12.7. The van der Waals surface area contributed by atoms with Gasteiger partial charge in [0.25, 0.3) is 5.91 Å². The van der Waals surface area contributed by atoms with Crippen molar-refractivity contribution in [1.82, 2.24) is 30.1 Å². The molecule has 37 heavy (non-hydrogen) atoms. The minimum atomic E-state index is -1.03. The Kier molecular flexibility index (Phi) is 8.71. The molecule has 2 aromatic carbocycles. The van der Waals surface area contributed by atoms with Gasteiger partial charge < -0.3 is 30.2 Å². The van der Waals surface area contributed by atoms with E-state index in [0.717, 1.165) is 28.1 Å². The van der Waals surface area contributed by atoms with Crippen molar-refractivity contribution in [2.75, 3.05) is 6.54 Å². The highest BCUT2D eigenvalue weighted by molar-refractivity contribution is 5.96. The van der Waals surface area contributed by atoms with Gasteiger partial charge in [0.05, 0.1) is 17.6 Å². The summed E-state index contributed by atoms with van der Waals surface area (Å²) in [5.74, 6) is -0.464. The fourth-order valence-corrected chi connectivity index (χ4v) is 4.27. The van der Waals surface area contributed by atoms with Crippen molar-refractivity contribution in [3.63, 3.8) is 0 Å². The molecule has 0 aliphatic heterocycles. The van der Waals surface area contributed by atoms with Crippen molar-refractivity contribution in [3.8, 4) is 0 Å². The number of benzene rings is 2. The van der Waals surface area contributed by atoms with Gasteiger partial charge in [-0.1, -0.05) is 24.3 Å². The largest absolute Gasteiger partial charge is 0.480 e. The highest BCUT2D eigenvalue weighted by Gasteiger charge is 2.20. The molecule has 4 rings (SSSR count). The van der Waals surface area contributed by atoms with Crippen LogP contribution < -0.4 is 16.0 Å². The zero-order valence-electron chi connectivity index (χ0n) is 21.3. The summed E-state index contributed by atoms with van der Waals surface area (Å²) in [6, 6.07) is 18.3. The molecule has 0 radical (unpaired) electrons. The van der Waals surface area contributed by atoms with Crippen LogP contribution in [0.1, 0.15) is 40.3 Å². The molecule has 0 spiro atoms. The fourth-order valence-electron chi connectivity index (χ4n) is 4.27. The Morgan fingerprint density at radius 3 is 2.43 bits per heavy atom. The molecule has 2 heterocycles. The van der Waals surface area contributed by atoms with Crippen molar-refractivity contribution in [2.24, 2.45) is 14.1 Å². The normalized spacial score (nSPS) is 12.1. The molecule has 4 aromatic rings. The van der Waals surface area contributed by atoms with E-state index in [4.69, 9.17) is 0 Å². The molecule has 194 valence electrons. The SMILES string of the molecule is Cn1cccc1CNCCC[C@H](NC(=O)c1ccc(CNCc2nc3ccccc3n2C)cc1)C(=O)O. The van der Waals surface area contributed by atoms with Gasteiger partial charge in [-0.05, 0) is 61.3 Å². The van der Waals surface area contributed by atoms with Crippen LogP contribution in [0.25, 0.3) is 11.0 Å². The number of fused-ring (bicyclic) bond motifs is 1. The van der Waals surface area contributed by atoms with Crippen LogP contribution in [0.2, 0.25) is 0 Å². The molecule has 1 amide bonds. The smallest absolute Gasteiger partial charge is 0.326 e. The molecular formula is C28H34N6O3. The summed E-state index contributed by atoms with van der Waals surface area (Å²) in [6.07, 6.45) is 2.98. The van der Waals surface area contributed by atoms with Crippen LogP contribution in [0.5, 0.6) is 0 Å². The van der Waals surface area contributed by atoms with Crippen LogP contribution in [0.3, 0.4) is 0 Å². The summed E-state index contributed by atoms with van der Waals surface area (Å²) in [4.78, 5) is 29.0. The second kappa shape index (κ2) is 12.3. The van der Waals surface area contributed by atoms with E-state index in [1.165, 1.54) is 0 Å². The summed E-state index contributed by atoms with van der Waals surface area (Å²) < 4.78 is 4.12.